The molecular formula is C12H22N2O. The SMILES string of the molecule is CCC1CCC(C)N1C(=O)CC1CNC1. The van der Waals surface area contributed by atoms with Gasteiger partial charge in [-0.1, -0.05) is 6.92 Å². The van der Waals surface area contributed by atoms with Crippen molar-refractivity contribution in [3.05, 3.63) is 0 Å². The van der Waals surface area contributed by atoms with Gasteiger partial charge in [-0.15, -0.1) is 0 Å². The van der Waals surface area contributed by atoms with Crippen LogP contribution in [0.1, 0.15) is 39.5 Å². The van der Waals surface area contributed by atoms with E-state index in [4.69, 9.17) is 0 Å². The quantitative estimate of drug-likeness (QED) is 0.763. The Kier molecular flexibility index (Phi) is 3.29. The first-order chi connectivity index (χ1) is 7.22. The molecule has 0 aromatic heterocycles. The molecule has 2 atom stereocenters. The highest BCUT2D eigenvalue weighted by Crippen LogP contribution is 2.27. The molecule has 0 saturated carbocycles. The number of rotatable bonds is 3. The van der Waals surface area contributed by atoms with Gasteiger partial charge >= 0.3 is 0 Å². The molecule has 0 aliphatic carbocycles. The van der Waals surface area contributed by atoms with Gasteiger partial charge in [-0.05, 0) is 45.2 Å². The van der Waals surface area contributed by atoms with Gasteiger partial charge in [0.05, 0.1) is 0 Å². The molecule has 0 spiro atoms. The third-order valence-electron chi connectivity index (χ3n) is 3.87. The number of hydrogen-bond donors (Lipinski definition) is 1. The van der Waals surface area contributed by atoms with Gasteiger partial charge in [-0.25, -0.2) is 0 Å². The zero-order valence-electron chi connectivity index (χ0n) is 9.83. The van der Waals surface area contributed by atoms with E-state index in [1.807, 2.05) is 0 Å². The van der Waals surface area contributed by atoms with Crippen LogP contribution in [0, 0.1) is 5.92 Å². The fourth-order valence-corrected chi connectivity index (χ4v) is 2.77. The Labute approximate surface area is 92.2 Å². The maximum Gasteiger partial charge on any atom is 0.223 e. The van der Waals surface area contributed by atoms with Gasteiger partial charge in [0.2, 0.25) is 5.91 Å². The van der Waals surface area contributed by atoms with Crippen molar-refractivity contribution in [2.45, 2.75) is 51.6 Å². The molecule has 15 heavy (non-hydrogen) atoms. The van der Waals surface area contributed by atoms with Crippen LogP contribution in [0.4, 0.5) is 0 Å². The van der Waals surface area contributed by atoms with Gasteiger partial charge in [0.25, 0.3) is 0 Å². The molecule has 2 fully saturated rings. The van der Waals surface area contributed by atoms with E-state index in [0.29, 0.717) is 23.9 Å². The summed E-state index contributed by atoms with van der Waals surface area (Å²) in [7, 11) is 0. The van der Waals surface area contributed by atoms with Crippen LogP contribution < -0.4 is 5.32 Å². The number of hydrogen-bond acceptors (Lipinski definition) is 2. The van der Waals surface area contributed by atoms with Crippen molar-refractivity contribution >= 4 is 5.91 Å². The largest absolute Gasteiger partial charge is 0.337 e. The smallest absolute Gasteiger partial charge is 0.223 e. The zero-order valence-corrected chi connectivity index (χ0v) is 9.83. The Balaban J connectivity index is 1.91. The molecule has 2 unspecified atom stereocenters. The highest BCUT2D eigenvalue weighted by molar-refractivity contribution is 5.77. The molecule has 1 amide bonds. The molecule has 2 saturated heterocycles. The van der Waals surface area contributed by atoms with Crippen LogP contribution in [-0.4, -0.2) is 36.0 Å². The maximum absolute atomic E-state index is 12.1. The first kappa shape index (κ1) is 10.9. The van der Waals surface area contributed by atoms with E-state index in [1.165, 1.54) is 12.8 Å². The minimum absolute atomic E-state index is 0.387. The van der Waals surface area contributed by atoms with Crippen LogP contribution in [0.2, 0.25) is 0 Å². The average molecular weight is 210 g/mol. The van der Waals surface area contributed by atoms with E-state index in [9.17, 15) is 4.79 Å². The number of nitrogens with zero attached hydrogens (tertiary/aromatic N) is 1. The summed E-state index contributed by atoms with van der Waals surface area (Å²) in [6.45, 7) is 6.44. The van der Waals surface area contributed by atoms with Crippen molar-refractivity contribution in [1.29, 1.82) is 0 Å². The number of likely N-dealkylation sites (tertiary alicyclic amines) is 1. The molecule has 0 aromatic carbocycles. The van der Waals surface area contributed by atoms with Crippen LogP contribution in [-0.2, 0) is 4.79 Å². The molecule has 2 aliphatic rings. The summed E-state index contributed by atoms with van der Waals surface area (Å²) in [6.07, 6.45) is 4.26. The monoisotopic (exact) mass is 210 g/mol. The Morgan fingerprint density at radius 2 is 2.13 bits per heavy atom. The fourth-order valence-electron chi connectivity index (χ4n) is 2.77. The second kappa shape index (κ2) is 4.52. The predicted molar refractivity (Wildman–Crippen MR) is 60.6 cm³/mol. The van der Waals surface area contributed by atoms with Gasteiger partial charge in [0, 0.05) is 18.5 Å². The van der Waals surface area contributed by atoms with Gasteiger partial charge in [0.1, 0.15) is 0 Å². The summed E-state index contributed by atoms with van der Waals surface area (Å²) in [6, 6.07) is 0.982. The number of amides is 1. The Hall–Kier alpha value is -0.570. The molecule has 3 heteroatoms. The standard InChI is InChI=1S/C12H22N2O/c1-3-11-5-4-9(2)14(11)12(15)6-10-7-13-8-10/h9-11,13H,3-8H2,1-2H3. The molecule has 86 valence electrons. The van der Waals surface area contributed by atoms with Crippen LogP contribution in [0.25, 0.3) is 0 Å². The molecule has 0 bridgehead atoms. The summed E-state index contributed by atoms with van der Waals surface area (Å²) in [4.78, 5) is 14.3. The second-order valence-corrected chi connectivity index (χ2v) is 5.02. The highest BCUT2D eigenvalue weighted by Gasteiger charge is 2.34. The Morgan fingerprint density at radius 1 is 1.40 bits per heavy atom. The topological polar surface area (TPSA) is 32.3 Å². The van der Waals surface area contributed by atoms with E-state index < -0.39 is 0 Å². The average Bonchev–Trinajstić information content (AvgIpc) is 2.53. The first-order valence-electron chi connectivity index (χ1n) is 6.24. The van der Waals surface area contributed by atoms with Crippen molar-refractivity contribution in [2.75, 3.05) is 13.1 Å². The first-order valence-corrected chi connectivity index (χ1v) is 6.24. The second-order valence-electron chi connectivity index (χ2n) is 5.02. The van der Waals surface area contributed by atoms with E-state index in [0.717, 1.165) is 25.9 Å². The lowest BCUT2D eigenvalue weighted by molar-refractivity contribution is -0.135. The summed E-state index contributed by atoms with van der Waals surface area (Å²) >= 11 is 0. The van der Waals surface area contributed by atoms with E-state index in [2.05, 4.69) is 24.1 Å². The number of nitrogens with one attached hydrogen (secondary N) is 1. The predicted octanol–water partition coefficient (Wildman–Crippen LogP) is 1.39. The van der Waals surface area contributed by atoms with Crippen LogP contribution in [0.3, 0.4) is 0 Å². The Morgan fingerprint density at radius 3 is 2.67 bits per heavy atom. The molecule has 2 rings (SSSR count). The molecule has 3 nitrogen and oxygen atoms in total. The van der Waals surface area contributed by atoms with E-state index >= 15 is 0 Å². The van der Waals surface area contributed by atoms with Crippen molar-refractivity contribution in [2.24, 2.45) is 5.92 Å². The molecule has 2 aliphatic heterocycles. The van der Waals surface area contributed by atoms with Gasteiger partial charge in [0.15, 0.2) is 0 Å². The summed E-state index contributed by atoms with van der Waals surface area (Å²) in [5, 5.41) is 3.22. The molecular weight excluding hydrogens is 188 g/mol. The Bertz CT molecular complexity index is 238. The normalized spacial score (nSPS) is 31.7. The third-order valence-corrected chi connectivity index (χ3v) is 3.87. The number of carbonyl (C=O) groups excluding carboxylic acids is 1. The zero-order chi connectivity index (χ0) is 10.8. The van der Waals surface area contributed by atoms with Crippen LogP contribution in [0.15, 0.2) is 0 Å². The van der Waals surface area contributed by atoms with Crippen molar-refractivity contribution in [3.63, 3.8) is 0 Å². The molecule has 0 aromatic rings. The minimum Gasteiger partial charge on any atom is -0.337 e. The van der Waals surface area contributed by atoms with Crippen LogP contribution >= 0.6 is 0 Å². The summed E-state index contributed by atoms with van der Waals surface area (Å²) < 4.78 is 0. The van der Waals surface area contributed by atoms with E-state index in [1.54, 1.807) is 0 Å². The molecule has 0 radical (unpaired) electrons. The third kappa shape index (κ3) is 2.17. The van der Waals surface area contributed by atoms with Crippen molar-refractivity contribution < 1.29 is 4.79 Å². The highest BCUT2D eigenvalue weighted by atomic mass is 16.2. The summed E-state index contributed by atoms with van der Waals surface area (Å²) in [5.74, 6) is 0.987. The summed E-state index contributed by atoms with van der Waals surface area (Å²) in [5.41, 5.74) is 0. The van der Waals surface area contributed by atoms with Crippen molar-refractivity contribution in [3.8, 4) is 0 Å². The van der Waals surface area contributed by atoms with Gasteiger partial charge in [-0.2, -0.15) is 0 Å². The van der Waals surface area contributed by atoms with Crippen molar-refractivity contribution in [1.82, 2.24) is 10.2 Å². The van der Waals surface area contributed by atoms with Crippen LogP contribution in [0.5, 0.6) is 0 Å². The lowest BCUT2D eigenvalue weighted by atomic mass is 9.98. The molecule has 2 heterocycles. The lowest BCUT2D eigenvalue weighted by Gasteiger charge is -2.32. The fraction of sp³-hybridized carbons (Fsp3) is 0.917. The maximum atomic E-state index is 12.1. The van der Waals surface area contributed by atoms with Gasteiger partial charge < -0.3 is 10.2 Å². The minimum atomic E-state index is 0.387. The van der Waals surface area contributed by atoms with E-state index in [-0.39, 0.29) is 0 Å². The number of carbonyl (C=O) groups is 1. The lowest BCUT2D eigenvalue weighted by Crippen LogP contribution is -2.47. The van der Waals surface area contributed by atoms with Gasteiger partial charge in [-0.3, -0.25) is 4.79 Å². The molecule has 1 N–H and O–H groups in total.